The van der Waals surface area contributed by atoms with E-state index in [2.05, 4.69) is 4.72 Å². The van der Waals surface area contributed by atoms with Crippen molar-refractivity contribution in [2.24, 2.45) is 0 Å². The summed E-state index contributed by atoms with van der Waals surface area (Å²) < 4.78 is 32.1. The van der Waals surface area contributed by atoms with E-state index in [1.165, 1.54) is 30.0 Å². The Morgan fingerprint density at radius 2 is 2.06 bits per heavy atom. The number of nitrogens with one attached hydrogen (secondary N) is 1. The van der Waals surface area contributed by atoms with Crippen molar-refractivity contribution in [3.05, 3.63) is 28.7 Å². The summed E-state index contributed by atoms with van der Waals surface area (Å²) in [6, 6.07) is 2.78. The Kier molecular flexibility index (Phi) is 4.92. The molecule has 1 heterocycles. The third-order valence-electron chi connectivity index (χ3n) is 2.40. The fraction of sp³-hybridized carbons (Fsp3) is 0.545. The highest BCUT2D eigenvalue weighted by Crippen LogP contribution is 2.09. The van der Waals surface area contributed by atoms with Crippen LogP contribution in [0.1, 0.15) is 13.8 Å². The number of aromatic nitrogens is 1. The SMILES string of the molecule is COCCn1cc(NS(=O)(=O)C(C)C)ccc1=O. The highest BCUT2D eigenvalue weighted by Gasteiger charge is 2.15. The predicted octanol–water partition coefficient (Wildman–Crippen LogP) is 0.645. The zero-order valence-electron chi connectivity index (χ0n) is 10.7. The molecule has 1 rings (SSSR count). The first-order valence-electron chi connectivity index (χ1n) is 5.58. The van der Waals surface area contributed by atoms with Gasteiger partial charge in [-0.1, -0.05) is 0 Å². The van der Waals surface area contributed by atoms with Crippen molar-refractivity contribution < 1.29 is 13.2 Å². The van der Waals surface area contributed by atoms with E-state index in [0.29, 0.717) is 18.8 Å². The second kappa shape index (κ2) is 6.01. The van der Waals surface area contributed by atoms with E-state index in [-0.39, 0.29) is 5.56 Å². The van der Waals surface area contributed by atoms with E-state index >= 15 is 0 Å². The van der Waals surface area contributed by atoms with Gasteiger partial charge in [0.2, 0.25) is 10.0 Å². The van der Waals surface area contributed by atoms with Crippen LogP contribution in [0.3, 0.4) is 0 Å². The fourth-order valence-electron chi connectivity index (χ4n) is 1.24. The van der Waals surface area contributed by atoms with Gasteiger partial charge in [0.15, 0.2) is 0 Å². The fourth-order valence-corrected chi connectivity index (χ4v) is 1.92. The molecule has 0 aliphatic heterocycles. The van der Waals surface area contributed by atoms with E-state index < -0.39 is 15.3 Å². The largest absolute Gasteiger partial charge is 0.383 e. The minimum absolute atomic E-state index is 0.195. The number of rotatable bonds is 6. The van der Waals surface area contributed by atoms with Gasteiger partial charge in [-0.2, -0.15) is 0 Å². The molecule has 18 heavy (non-hydrogen) atoms. The van der Waals surface area contributed by atoms with Crippen LogP contribution in [0.2, 0.25) is 0 Å². The lowest BCUT2D eigenvalue weighted by Crippen LogP contribution is -2.25. The first kappa shape index (κ1) is 14.7. The molecule has 7 heteroatoms. The quantitative estimate of drug-likeness (QED) is 0.826. The van der Waals surface area contributed by atoms with Gasteiger partial charge in [-0.15, -0.1) is 0 Å². The minimum atomic E-state index is -3.40. The average Bonchev–Trinajstić information content (AvgIpc) is 2.29. The normalized spacial score (nSPS) is 11.8. The molecule has 0 unspecified atom stereocenters. The smallest absolute Gasteiger partial charge is 0.250 e. The molecule has 0 radical (unpaired) electrons. The van der Waals surface area contributed by atoms with Crippen LogP contribution in [0.4, 0.5) is 5.69 Å². The maximum absolute atomic E-state index is 11.7. The topological polar surface area (TPSA) is 77.4 Å². The number of ether oxygens (including phenoxy) is 1. The van der Waals surface area contributed by atoms with Crippen LogP contribution in [0.15, 0.2) is 23.1 Å². The summed E-state index contributed by atoms with van der Waals surface area (Å²) in [5.74, 6) is 0. The first-order valence-corrected chi connectivity index (χ1v) is 7.12. The molecular weight excluding hydrogens is 256 g/mol. The van der Waals surface area contributed by atoms with Crippen molar-refractivity contribution in [2.45, 2.75) is 25.6 Å². The van der Waals surface area contributed by atoms with Crippen LogP contribution in [0, 0.1) is 0 Å². The molecule has 1 aromatic heterocycles. The molecule has 6 nitrogen and oxygen atoms in total. The van der Waals surface area contributed by atoms with Gasteiger partial charge in [0.1, 0.15) is 0 Å². The van der Waals surface area contributed by atoms with Crippen molar-refractivity contribution in [2.75, 3.05) is 18.4 Å². The maximum atomic E-state index is 11.7. The molecule has 0 bridgehead atoms. The summed E-state index contributed by atoms with van der Waals surface area (Å²) >= 11 is 0. The van der Waals surface area contributed by atoms with Crippen LogP contribution in [-0.4, -0.2) is 32.0 Å². The van der Waals surface area contributed by atoms with Gasteiger partial charge in [-0.25, -0.2) is 8.42 Å². The molecule has 0 fully saturated rings. The van der Waals surface area contributed by atoms with Crippen molar-refractivity contribution in [1.29, 1.82) is 0 Å². The number of nitrogens with zero attached hydrogens (tertiary/aromatic N) is 1. The molecule has 1 N–H and O–H groups in total. The van der Waals surface area contributed by atoms with Gasteiger partial charge in [0.25, 0.3) is 5.56 Å². The van der Waals surface area contributed by atoms with Gasteiger partial charge in [0.05, 0.1) is 17.5 Å². The first-order chi connectivity index (χ1) is 8.36. The Balaban J connectivity index is 2.95. The second-order valence-electron chi connectivity index (χ2n) is 4.14. The number of hydrogen-bond donors (Lipinski definition) is 1. The number of pyridine rings is 1. The van der Waals surface area contributed by atoms with E-state index in [0.717, 1.165) is 0 Å². The molecule has 0 saturated heterocycles. The molecule has 0 atom stereocenters. The monoisotopic (exact) mass is 274 g/mol. The molecule has 0 aliphatic rings. The van der Waals surface area contributed by atoms with Gasteiger partial charge in [-0.05, 0) is 19.9 Å². The summed E-state index contributed by atoms with van der Waals surface area (Å²) in [4.78, 5) is 11.5. The molecule has 0 aliphatic carbocycles. The van der Waals surface area contributed by atoms with E-state index in [1.807, 2.05) is 0 Å². The van der Waals surface area contributed by atoms with Gasteiger partial charge in [-0.3, -0.25) is 9.52 Å². The summed E-state index contributed by atoms with van der Waals surface area (Å²) in [7, 11) is -1.86. The number of anilines is 1. The molecule has 0 spiro atoms. The zero-order chi connectivity index (χ0) is 13.8. The third-order valence-corrected chi connectivity index (χ3v) is 4.16. The van der Waals surface area contributed by atoms with Crippen molar-refractivity contribution in [1.82, 2.24) is 4.57 Å². The summed E-state index contributed by atoms with van der Waals surface area (Å²) in [5.41, 5.74) is 0.180. The Bertz CT molecular complexity index is 548. The highest BCUT2D eigenvalue weighted by atomic mass is 32.2. The molecule has 0 saturated carbocycles. The van der Waals surface area contributed by atoms with Crippen LogP contribution >= 0.6 is 0 Å². The number of methoxy groups -OCH3 is 1. The molecular formula is C11H18N2O4S. The summed E-state index contributed by atoms with van der Waals surface area (Å²) in [5, 5.41) is -0.531. The molecule has 0 aromatic carbocycles. The van der Waals surface area contributed by atoms with Gasteiger partial charge in [0, 0.05) is 25.9 Å². The van der Waals surface area contributed by atoms with Gasteiger partial charge < -0.3 is 9.30 Å². The number of sulfonamides is 1. The molecule has 0 amide bonds. The van der Waals surface area contributed by atoms with E-state index in [4.69, 9.17) is 4.74 Å². The van der Waals surface area contributed by atoms with Gasteiger partial charge >= 0.3 is 0 Å². The second-order valence-corrected chi connectivity index (χ2v) is 6.37. The van der Waals surface area contributed by atoms with Crippen molar-refractivity contribution in [3.63, 3.8) is 0 Å². The highest BCUT2D eigenvalue weighted by molar-refractivity contribution is 7.93. The maximum Gasteiger partial charge on any atom is 0.250 e. The Morgan fingerprint density at radius 1 is 1.39 bits per heavy atom. The lowest BCUT2D eigenvalue weighted by atomic mass is 10.4. The Labute approximate surface area is 107 Å². The lowest BCUT2D eigenvalue weighted by Gasteiger charge is -2.12. The van der Waals surface area contributed by atoms with E-state index in [9.17, 15) is 13.2 Å². The van der Waals surface area contributed by atoms with Crippen molar-refractivity contribution in [3.8, 4) is 0 Å². The third kappa shape index (κ3) is 3.85. The molecule has 102 valence electrons. The average molecular weight is 274 g/mol. The minimum Gasteiger partial charge on any atom is -0.383 e. The van der Waals surface area contributed by atoms with E-state index in [1.54, 1.807) is 13.8 Å². The predicted molar refractivity (Wildman–Crippen MR) is 70.3 cm³/mol. The Hall–Kier alpha value is -1.34. The summed E-state index contributed by atoms with van der Waals surface area (Å²) in [6.45, 7) is 3.94. The van der Waals surface area contributed by atoms with Crippen LogP contribution in [0.5, 0.6) is 0 Å². The molecule has 1 aromatic rings. The lowest BCUT2D eigenvalue weighted by molar-refractivity contribution is 0.186. The summed E-state index contributed by atoms with van der Waals surface area (Å²) in [6.07, 6.45) is 1.47. The zero-order valence-corrected chi connectivity index (χ0v) is 11.5. The van der Waals surface area contributed by atoms with Crippen molar-refractivity contribution >= 4 is 15.7 Å². The number of hydrogen-bond acceptors (Lipinski definition) is 4. The van der Waals surface area contributed by atoms with Crippen LogP contribution in [0.25, 0.3) is 0 Å². The standard InChI is InChI=1S/C11H18N2O4S/c1-9(2)18(15,16)12-10-4-5-11(14)13(8-10)6-7-17-3/h4-5,8-9,12H,6-7H2,1-3H3. The van der Waals surface area contributed by atoms with Crippen LogP contribution < -0.4 is 10.3 Å². The van der Waals surface area contributed by atoms with Crippen LogP contribution in [-0.2, 0) is 21.3 Å². The Morgan fingerprint density at radius 3 is 2.61 bits per heavy atom.